The number of rotatable bonds is 10. The topological polar surface area (TPSA) is 112 Å². The third-order valence-electron chi connectivity index (χ3n) is 6.26. The van der Waals surface area contributed by atoms with E-state index >= 15 is 0 Å². The van der Waals surface area contributed by atoms with E-state index < -0.39 is 0 Å². The van der Waals surface area contributed by atoms with E-state index in [1.54, 1.807) is 30.3 Å². The molecule has 194 valence electrons. The van der Waals surface area contributed by atoms with Crippen LogP contribution < -0.4 is 15.4 Å². The van der Waals surface area contributed by atoms with Gasteiger partial charge in [0.05, 0.1) is 35.7 Å². The summed E-state index contributed by atoms with van der Waals surface area (Å²) >= 11 is 0. The summed E-state index contributed by atoms with van der Waals surface area (Å²) < 4.78 is 11.7. The van der Waals surface area contributed by atoms with E-state index in [2.05, 4.69) is 51.3 Å². The van der Waals surface area contributed by atoms with Crippen molar-refractivity contribution < 1.29 is 14.3 Å². The number of amides is 1. The van der Waals surface area contributed by atoms with Crippen molar-refractivity contribution in [1.82, 2.24) is 14.9 Å². The van der Waals surface area contributed by atoms with Gasteiger partial charge in [-0.15, -0.1) is 6.42 Å². The first-order valence-electron chi connectivity index (χ1n) is 12.5. The zero-order valence-corrected chi connectivity index (χ0v) is 21.5. The van der Waals surface area contributed by atoms with Gasteiger partial charge in [-0.25, -0.2) is 9.97 Å². The summed E-state index contributed by atoms with van der Waals surface area (Å²) in [4.78, 5) is 23.8. The van der Waals surface area contributed by atoms with E-state index in [0.717, 1.165) is 19.5 Å². The van der Waals surface area contributed by atoms with E-state index in [1.807, 2.05) is 6.08 Å². The fourth-order valence-corrected chi connectivity index (χ4v) is 4.09. The molecular weight excluding hydrogens is 480 g/mol. The zero-order chi connectivity index (χ0) is 26.9. The van der Waals surface area contributed by atoms with Crippen LogP contribution in [0.2, 0.25) is 0 Å². The number of hydrogen-bond acceptors (Lipinski definition) is 8. The standard InChI is InChI=1S/C29H30N6O3/c1-4-20-9-10-21(17-30)24(14-20)34-29-23-15-26(33-28(36)8-7-12-35(5-2)6-3)27(16-25(23)31-19-32-29)38-22-11-13-37-18-22/h1,7-10,14-16,19,22H,5-6,11-13,18H2,2-3H3,(H,33,36)(H,31,32,34)/b8-7+/t22-/m0/s1. The van der Waals surface area contributed by atoms with E-state index in [4.69, 9.17) is 15.9 Å². The van der Waals surface area contributed by atoms with Crippen LogP contribution in [0.1, 0.15) is 31.4 Å². The minimum Gasteiger partial charge on any atom is -0.486 e. The van der Waals surface area contributed by atoms with Crippen LogP contribution in [0.4, 0.5) is 17.2 Å². The Morgan fingerprint density at radius 1 is 1.26 bits per heavy atom. The Morgan fingerprint density at radius 2 is 2.11 bits per heavy atom. The first-order valence-corrected chi connectivity index (χ1v) is 12.5. The number of anilines is 3. The van der Waals surface area contributed by atoms with Gasteiger partial charge in [0, 0.05) is 36.1 Å². The molecule has 0 radical (unpaired) electrons. The molecule has 1 saturated heterocycles. The van der Waals surface area contributed by atoms with Crippen molar-refractivity contribution in [3.63, 3.8) is 0 Å². The molecule has 2 heterocycles. The van der Waals surface area contributed by atoms with Gasteiger partial charge in [0.15, 0.2) is 0 Å². The summed E-state index contributed by atoms with van der Waals surface area (Å²) in [5.41, 5.74) is 2.67. The maximum atomic E-state index is 12.8. The maximum absolute atomic E-state index is 12.8. The molecular formula is C29H30N6O3. The number of nitrogens with one attached hydrogen (secondary N) is 2. The average molecular weight is 511 g/mol. The predicted molar refractivity (Wildman–Crippen MR) is 147 cm³/mol. The quantitative estimate of drug-likeness (QED) is 0.308. The van der Waals surface area contributed by atoms with E-state index in [-0.39, 0.29) is 12.0 Å². The third-order valence-corrected chi connectivity index (χ3v) is 6.26. The molecule has 1 fully saturated rings. The molecule has 0 aliphatic carbocycles. The third kappa shape index (κ3) is 6.46. The van der Waals surface area contributed by atoms with Crippen molar-refractivity contribution in [2.24, 2.45) is 0 Å². The smallest absolute Gasteiger partial charge is 0.248 e. The van der Waals surface area contributed by atoms with Crippen LogP contribution in [0.15, 0.2) is 48.8 Å². The minimum atomic E-state index is -0.274. The highest BCUT2D eigenvalue weighted by Crippen LogP contribution is 2.35. The molecule has 1 amide bonds. The van der Waals surface area contributed by atoms with Gasteiger partial charge in [0.2, 0.25) is 5.91 Å². The second-order valence-electron chi connectivity index (χ2n) is 8.71. The van der Waals surface area contributed by atoms with Crippen LogP contribution in [-0.2, 0) is 9.53 Å². The lowest BCUT2D eigenvalue weighted by molar-refractivity contribution is -0.111. The zero-order valence-electron chi connectivity index (χ0n) is 21.5. The van der Waals surface area contributed by atoms with E-state index in [9.17, 15) is 10.1 Å². The summed E-state index contributed by atoms with van der Waals surface area (Å²) in [5, 5.41) is 16.4. The van der Waals surface area contributed by atoms with Crippen LogP contribution in [0.25, 0.3) is 10.9 Å². The van der Waals surface area contributed by atoms with Crippen molar-refractivity contribution in [2.45, 2.75) is 26.4 Å². The number of carbonyl (C=O) groups is 1. The van der Waals surface area contributed by atoms with Gasteiger partial charge in [-0.2, -0.15) is 5.26 Å². The van der Waals surface area contributed by atoms with Crippen molar-refractivity contribution in [3.05, 3.63) is 59.9 Å². The molecule has 3 aromatic rings. The molecule has 1 aliphatic heterocycles. The molecule has 9 nitrogen and oxygen atoms in total. The SMILES string of the molecule is C#Cc1ccc(C#N)c(Nc2ncnc3cc(O[C@H]4CCOC4)c(NC(=O)/C=C/CN(CC)CC)cc23)c1. The predicted octanol–water partition coefficient (Wildman–Crippen LogP) is 4.23. The molecule has 0 unspecified atom stereocenters. The molecule has 9 heteroatoms. The summed E-state index contributed by atoms with van der Waals surface area (Å²) in [6, 6.07) is 10.8. The Kier molecular flexibility index (Phi) is 8.89. The molecule has 1 atom stereocenters. The number of nitrogens with zero attached hydrogens (tertiary/aromatic N) is 4. The van der Waals surface area contributed by atoms with Gasteiger partial charge in [-0.05, 0) is 37.4 Å². The lowest BCUT2D eigenvalue weighted by Gasteiger charge is -2.18. The van der Waals surface area contributed by atoms with Crippen molar-refractivity contribution in [3.8, 4) is 24.2 Å². The highest BCUT2D eigenvalue weighted by Gasteiger charge is 2.21. The normalized spacial score (nSPS) is 14.9. The van der Waals surface area contributed by atoms with Crippen LogP contribution >= 0.6 is 0 Å². The Balaban J connectivity index is 1.69. The Labute approximate surface area is 222 Å². The van der Waals surface area contributed by atoms with Crippen LogP contribution in [0.5, 0.6) is 5.75 Å². The number of ether oxygens (including phenoxy) is 2. The molecule has 0 spiro atoms. The highest BCUT2D eigenvalue weighted by molar-refractivity contribution is 6.03. The number of hydrogen-bond donors (Lipinski definition) is 2. The Bertz CT molecular complexity index is 1410. The molecule has 1 aliphatic rings. The van der Waals surface area contributed by atoms with E-state index in [1.165, 1.54) is 12.4 Å². The Hall–Kier alpha value is -4.44. The summed E-state index contributed by atoms with van der Waals surface area (Å²) in [6.45, 7) is 7.76. The molecule has 0 bridgehead atoms. The number of terminal acetylenes is 1. The summed E-state index contributed by atoms with van der Waals surface area (Å²) in [5.74, 6) is 3.26. The van der Waals surface area contributed by atoms with E-state index in [0.29, 0.717) is 64.7 Å². The highest BCUT2D eigenvalue weighted by atomic mass is 16.5. The lowest BCUT2D eigenvalue weighted by Crippen LogP contribution is -2.23. The fraction of sp³-hybridized carbons (Fsp3) is 0.310. The Morgan fingerprint density at radius 3 is 2.82 bits per heavy atom. The molecule has 0 saturated carbocycles. The number of nitriles is 1. The van der Waals surface area contributed by atoms with Crippen LogP contribution in [-0.4, -0.2) is 59.7 Å². The molecule has 2 aromatic carbocycles. The van der Waals surface area contributed by atoms with Crippen LogP contribution in [0, 0.1) is 23.7 Å². The van der Waals surface area contributed by atoms with Gasteiger partial charge in [-0.3, -0.25) is 4.79 Å². The fourth-order valence-electron chi connectivity index (χ4n) is 4.09. The second-order valence-corrected chi connectivity index (χ2v) is 8.71. The first kappa shape index (κ1) is 26.6. The van der Waals surface area contributed by atoms with Crippen molar-refractivity contribution in [2.75, 3.05) is 43.5 Å². The lowest BCUT2D eigenvalue weighted by atomic mass is 10.1. The number of carbonyl (C=O) groups excluding carboxylic acids is 1. The summed E-state index contributed by atoms with van der Waals surface area (Å²) in [6.07, 6.45) is 11.0. The molecule has 2 N–H and O–H groups in total. The molecule has 38 heavy (non-hydrogen) atoms. The second kappa shape index (κ2) is 12.7. The monoisotopic (exact) mass is 510 g/mol. The average Bonchev–Trinajstić information content (AvgIpc) is 3.45. The minimum absolute atomic E-state index is 0.120. The molecule has 4 rings (SSSR count). The number of aromatic nitrogens is 2. The van der Waals surface area contributed by atoms with Crippen molar-refractivity contribution in [1.29, 1.82) is 5.26 Å². The van der Waals surface area contributed by atoms with Gasteiger partial charge >= 0.3 is 0 Å². The summed E-state index contributed by atoms with van der Waals surface area (Å²) in [7, 11) is 0. The molecule has 1 aromatic heterocycles. The number of likely N-dealkylation sites (N-methyl/N-ethyl adjacent to an activating group) is 1. The van der Waals surface area contributed by atoms with Gasteiger partial charge in [0.25, 0.3) is 0 Å². The largest absolute Gasteiger partial charge is 0.486 e. The van der Waals surface area contributed by atoms with Gasteiger partial charge in [-0.1, -0.05) is 25.8 Å². The van der Waals surface area contributed by atoms with Crippen LogP contribution in [0.3, 0.4) is 0 Å². The van der Waals surface area contributed by atoms with Crippen molar-refractivity contribution >= 4 is 34.0 Å². The van der Waals surface area contributed by atoms with Gasteiger partial charge < -0.3 is 25.0 Å². The van der Waals surface area contributed by atoms with Gasteiger partial charge in [0.1, 0.15) is 30.1 Å². The first-order chi connectivity index (χ1) is 18.5. The number of fused-ring (bicyclic) bond motifs is 1. The maximum Gasteiger partial charge on any atom is 0.248 e. The number of benzene rings is 2.